The van der Waals surface area contributed by atoms with E-state index in [1.807, 2.05) is 0 Å². The van der Waals surface area contributed by atoms with E-state index >= 15 is 0 Å². The van der Waals surface area contributed by atoms with Crippen molar-refractivity contribution in [3.63, 3.8) is 0 Å². The van der Waals surface area contributed by atoms with Crippen LogP contribution in [0, 0.1) is 0 Å². The third-order valence-corrected chi connectivity index (χ3v) is 1.70. The minimum Gasteiger partial charge on any atom is -0.393 e. The van der Waals surface area contributed by atoms with Gasteiger partial charge in [-0.05, 0) is 6.92 Å². The smallest absolute Gasteiger partial charge is 0.169 e. The second kappa shape index (κ2) is 4.21. The summed E-state index contributed by atoms with van der Waals surface area (Å²) in [6.07, 6.45) is 2.97. The van der Waals surface area contributed by atoms with Crippen molar-refractivity contribution >= 4 is 11.6 Å². The fraction of sp³-hybridized carbons (Fsp3) is 0.500. The maximum absolute atomic E-state index is 9.47. The molecule has 0 aromatic carbocycles. The first-order chi connectivity index (χ1) is 6.55. The third-order valence-electron chi connectivity index (χ3n) is 1.70. The number of hydrogen-bond acceptors (Lipinski definition) is 6. The number of aromatic nitrogens is 2. The van der Waals surface area contributed by atoms with E-state index in [1.54, 1.807) is 0 Å². The third kappa shape index (κ3) is 2.82. The van der Waals surface area contributed by atoms with Crippen LogP contribution in [0.15, 0.2) is 12.4 Å². The van der Waals surface area contributed by atoms with Crippen molar-refractivity contribution in [3.8, 4) is 0 Å². The fourth-order valence-corrected chi connectivity index (χ4v) is 0.815. The summed E-state index contributed by atoms with van der Waals surface area (Å²) < 4.78 is 0. The van der Waals surface area contributed by atoms with Crippen LogP contribution >= 0.6 is 0 Å². The monoisotopic (exact) mass is 198 g/mol. The molecule has 6 nitrogen and oxygen atoms in total. The zero-order valence-corrected chi connectivity index (χ0v) is 7.94. The lowest BCUT2D eigenvalue weighted by atomic mass is 10.1. The molecule has 0 amide bonds. The highest BCUT2D eigenvalue weighted by Gasteiger charge is 2.18. The number of aliphatic hydroxyl groups excluding tert-OH is 1. The van der Waals surface area contributed by atoms with E-state index < -0.39 is 5.60 Å². The van der Waals surface area contributed by atoms with Crippen molar-refractivity contribution in [1.29, 1.82) is 0 Å². The number of nitrogens with two attached hydrogens (primary N) is 1. The summed E-state index contributed by atoms with van der Waals surface area (Å²) >= 11 is 0. The number of anilines is 2. The number of rotatable bonds is 4. The summed E-state index contributed by atoms with van der Waals surface area (Å²) in [6, 6.07) is 0. The van der Waals surface area contributed by atoms with E-state index in [2.05, 4.69) is 15.3 Å². The van der Waals surface area contributed by atoms with Gasteiger partial charge in [0.1, 0.15) is 5.60 Å². The van der Waals surface area contributed by atoms with Gasteiger partial charge in [-0.1, -0.05) is 0 Å². The van der Waals surface area contributed by atoms with Gasteiger partial charge in [0.25, 0.3) is 0 Å². The molecular formula is C8H14N4O2. The molecule has 1 rings (SSSR count). The number of aliphatic hydroxyl groups is 2. The van der Waals surface area contributed by atoms with Gasteiger partial charge < -0.3 is 21.3 Å². The van der Waals surface area contributed by atoms with Crippen molar-refractivity contribution in [3.05, 3.63) is 12.4 Å². The Morgan fingerprint density at radius 3 is 2.71 bits per heavy atom. The molecule has 1 atom stereocenters. The van der Waals surface area contributed by atoms with Crippen LogP contribution in [0.2, 0.25) is 0 Å². The summed E-state index contributed by atoms with van der Waals surface area (Å²) in [5.74, 6) is 0.669. The molecule has 1 aromatic rings. The van der Waals surface area contributed by atoms with Gasteiger partial charge in [-0.3, -0.25) is 0 Å². The molecule has 0 saturated carbocycles. The van der Waals surface area contributed by atoms with Gasteiger partial charge in [0.2, 0.25) is 0 Å². The lowest BCUT2D eigenvalue weighted by Gasteiger charge is -2.21. The van der Waals surface area contributed by atoms with Gasteiger partial charge in [0.15, 0.2) is 11.6 Å². The van der Waals surface area contributed by atoms with E-state index in [0.717, 1.165) is 0 Å². The van der Waals surface area contributed by atoms with E-state index in [0.29, 0.717) is 5.82 Å². The van der Waals surface area contributed by atoms with Gasteiger partial charge >= 0.3 is 0 Å². The molecule has 14 heavy (non-hydrogen) atoms. The van der Waals surface area contributed by atoms with Gasteiger partial charge in [0, 0.05) is 18.9 Å². The number of nitrogen functional groups attached to an aromatic ring is 1. The molecule has 0 aliphatic carbocycles. The van der Waals surface area contributed by atoms with Crippen LogP contribution in [-0.2, 0) is 0 Å². The highest BCUT2D eigenvalue weighted by molar-refractivity contribution is 5.55. The molecule has 1 aromatic heterocycles. The zero-order valence-electron chi connectivity index (χ0n) is 7.94. The molecule has 0 radical (unpaired) electrons. The van der Waals surface area contributed by atoms with E-state index in [4.69, 9.17) is 10.8 Å². The van der Waals surface area contributed by atoms with Crippen molar-refractivity contribution < 1.29 is 10.2 Å². The Hall–Kier alpha value is -1.40. The Kier molecular flexibility index (Phi) is 3.21. The molecular weight excluding hydrogens is 184 g/mol. The Balaban J connectivity index is 2.58. The molecule has 0 bridgehead atoms. The molecule has 1 heterocycles. The summed E-state index contributed by atoms with van der Waals surface area (Å²) in [6.45, 7) is 1.33. The summed E-state index contributed by atoms with van der Waals surface area (Å²) in [7, 11) is 0. The van der Waals surface area contributed by atoms with Gasteiger partial charge in [-0.15, -0.1) is 0 Å². The van der Waals surface area contributed by atoms with Crippen LogP contribution in [0.1, 0.15) is 6.92 Å². The SMILES string of the molecule is CC(O)(CO)CNc1nccnc1N. The van der Waals surface area contributed by atoms with Crippen LogP contribution in [0.5, 0.6) is 0 Å². The number of nitrogens with zero attached hydrogens (tertiary/aromatic N) is 2. The first kappa shape index (κ1) is 10.7. The fourth-order valence-electron chi connectivity index (χ4n) is 0.815. The topological polar surface area (TPSA) is 104 Å². The van der Waals surface area contributed by atoms with Crippen molar-refractivity contribution in [2.24, 2.45) is 0 Å². The van der Waals surface area contributed by atoms with E-state index in [9.17, 15) is 5.11 Å². The van der Waals surface area contributed by atoms with E-state index in [-0.39, 0.29) is 19.0 Å². The average Bonchev–Trinajstić information content (AvgIpc) is 2.17. The van der Waals surface area contributed by atoms with Gasteiger partial charge in [-0.25, -0.2) is 9.97 Å². The minimum atomic E-state index is -1.19. The lowest BCUT2D eigenvalue weighted by molar-refractivity contribution is 0.0132. The Labute approximate surface area is 81.8 Å². The summed E-state index contributed by atoms with van der Waals surface area (Å²) in [5, 5.41) is 21.1. The molecule has 78 valence electrons. The summed E-state index contributed by atoms with van der Waals surface area (Å²) in [5.41, 5.74) is 4.32. The predicted octanol–water partition coefficient (Wildman–Crippen LogP) is -0.786. The van der Waals surface area contributed by atoms with Crippen LogP contribution in [0.4, 0.5) is 11.6 Å². The Morgan fingerprint density at radius 1 is 1.50 bits per heavy atom. The predicted molar refractivity (Wildman–Crippen MR) is 52.6 cm³/mol. The van der Waals surface area contributed by atoms with Gasteiger partial charge in [0.05, 0.1) is 6.61 Å². The molecule has 0 saturated heterocycles. The molecule has 0 aliphatic rings. The standard InChI is InChI=1S/C8H14N4O2/c1-8(14,5-13)4-12-7-6(9)10-2-3-11-7/h2-3,13-14H,4-5H2,1H3,(H2,9,10)(H,11,12). The number of hydrogen-bond donors (Lipinski definition) is 4. The number of nitrogens with one attached hydrogen (secondary N) is 1. The maximum Gasteiger partial charge on any atom is 0.169 e. The highest BCUT2D eigenvalue weighted by atomic mass is 16.3. The second-order valence-corrected chi connectivity index (χ2v) is 3.30. The van der Waals surface area contributed by atoms with Crippen LogP contribution in [-0.4, -0.2) is 38.9 Å². The highest BCUT2D eigenvalue weighted by Crippen LogP contribution is 2.11. The zero-order chi connectivity index (χ0) is 10.6. The molecule has 1 unspecified atom stereocenters. The van der Waals surface area contributed by atoms with Gasteiger partial charge in [-0.2, -0.15) is 0 Å². The molecule has 0 aliphatic heterocycles. The largest absolute Gasteiger partial charge is 0.393 e. The first-order valence-corrected chi connectivity index (χ1v) is 4.19. The van der Waals surface area contributed by atoms with E-state index in [1.165, 1.54) is 19.3 Å². The molecule has 6 heteroatoms. The average molecular weight is 198 g/mol. The normalized spacial score (nSPS) is 14.8. The Morgan fingerprint density at radius 2 is 2.14 bits per heavy atom. The van der Waals surface area contributed by atoms with Crippen molar-refractivity contribution in [1.82, 2.24) is 9.97 Å². The minimum absolute atomic E-state index is 0.159. The second-order valence-electron chi connectivity index (χ2n) is 3.30. The van der Waals surface area contributed by atoms with Crippen LogP contribution < -0.4 is 11.1 Å². The summed E-state index contributed by atoms with van der Waals surface area (Å²) in [4.78, 5) is 7.74. The molecule has 0 spiro atoms. The molecule has 0 fully saturated rings. The van der Waals surface area contributed by atoms with Crippen LogP contribution in [0.3, 0.4) is 0 Å². The first-order valence-electron chi connectivity index (χ1n) is 4.19. The lowest BCUT2D eigenvalue weighted by Crippen LogP contribution is -2.37. The Bertz CT molecular complexity index is 303. The van der Waals surface area contributed by atoms with Crippen LogP contribution in [0.25, 0.3) is 0 Å². The molecule has 5 N–H and O–H groups in total. The van der Waals surface area contributed by atoms with Crippen molar-refractivity contribution in [2.45, 2.75) is 12.5 Å². The van der Waals surface area contributed by atoms with Crippen molar-refractivity contribution in [2.75, 3.05) is 24.2 Å². The maximum atomic E-state index is 9.47. The quantitative estimate of drug-likeness (QED) is 0.505.